The van der Waals surface area contributed by atoms with E-state index in [0.717, 1.165) is 37.4 Å². The molecule has 14 heavy (non-hydrogen) atoms. The third kappa shape index (κ3) is 1.96. The SMILES string of the molecule is Nc1ccnc(N2CCC[C@@H](N)C2)c1. The van der Waals surface area contributed by atoms with Gasteiger partial charge in [0.15, 0.2) is 0 Å². The summed E-state index contributed by atoms with van der Waals surface area (Å²) < 4.78 is 0. The number of nitrogens with zero attached hydrogens (tertiary/aromatic N) is 2. The van der Waals surface area contributed by atoms with Crippen LogP contribution in [0.4, 0.5) is 11.5 Å². The average Bonchev–Trinajstić information content (AvgIpc) is 2.18. The van der Waals surface area contributed by atoms with Crippen LogP contribution < -0.4 is 16.4 Å². The number of pyridine rings is 1. The Balaban J connectivity index is 2.14. The van der Waals surface area contributed by atoms with Gasteiger partial charge >= 0.3 is 0 Å². The molecule has 4 nitrogen and oxygen atoms in total. The van der Waals surface area contributed by atoms with Crippen LogP contribution in [0.2, 0.25) is 0 Å². The summed E-state index contributed by atoms with van der Waals surface area (Å²) in [7, 11) is 0. The van der Waals surface area contributed by atoms with Crippen LogP contribution in [-0.2, 0) is 0 Å². The van der Waals surface area contributed by atoms with Crippen molar-refractivity contribution >= 4 is 11.5 Å². The maximum absolute atomic E-state index is 5.90. The molecular formula is C10H16N4. The van der Waals surface area contributed by atoms with Gasteiger partial charge in [0, 0.05) is 37.1 Å². The molecule has 4 N–H and O–H groups in total. The van der Waals surface area contributed by atoms with Crippen LogP contribution in [0.3, 0.4) is 0 Å². The van der Waals surface area contributed by atoms with Gasteiger partial charge in [0.25, 0.3) is 0 Å². The van der Waals surface area contributed by atoms with Gasteiger partial charge in [0.2, 0.25) is 0 Å². The number of nitrogens with two attached hydrogens (primary N) is 2. The van der Waals surface area contributed by atoms with Crippen LogP contribution in [0.1, 0.15) is 12.8 Å². The van der Waals surface area contributed by atoms with Gasteiger partial charge in [0.1, 0.15) is 5.82 Å². The summed E-state index contributed by atoms with van der Waals surface area (Å²) in [5.74, 6) is 0.945. The predicted octanol–water partition coefficient (Wildman–Crippen LogP) is 0.591. The van der Waals surface area contributed by atoms with Crippen LogP contribution in [0, 0.1) is 0 Å². The van der Waals surface area contributed by atoms with E-state index in [9.17, 15) is 0 Å². The Hall–Kier alpha value is -1.29. The van der Waals surface area contributed by atoms with Gasteiger partial charge in [-0.2, -0.15) is 0 Å². The number of anilines is 2. The summed E-state index contributed by atoms with van der Waals surface area (Å²) >= 11 is 0. The Labute approximate surface area is 83.9 Å². The molecule has 0 aliphatic carbocycles. The summed E-state index contributed by atoms with van der Waals surface area (Å²) in [4.78, 5) is 6.49. The highest BCUT2D eigenvalue weighted by Gasteiger charge is 2.17. The Morgan fingerprint density at radius 3 is 3.07 bits per heavy atom. The van der Waals surface area contributed by atoms with E-state index < -0.39 is 0 Å². The lowest BCUT2D eigenvalue weighted by Crippen LogP contribution is -2.43. The van der Waals surface area contributed by atoms with E-state index in [-0.39, 0.29) is 6.04 Å². The van der Waals surface area contributed by atoms with E-state index in [2.05, 4.69) is 9.88 Å². The first-order chi connectivity index (χ1) is 6.75. The van der Waals surface area contributed by atoms with Crippen molar-refractivity contribution in [3.63, 3.8) is 0 Å². The molecule has 1 aromatic heterocycles. The summed E-state index contributed by atoms with van der Waals surface area (Å²) in [6.07, 6.45) is 3.99. The molecule has 0 bridgehead atoms. The first-order valence-electron chi connectivity index (χ1n) is 4.98. The Bertz CT molecular complexity index is 313. The van der Waals surface area contributed by atoms with Crippen molar-refractivity contribution in [2.24, 2.45) is 5.73 Å². The van der Waals surface area contributed by atoms with Crippen LogP contribution in [0.25, 0.3) is 0 Å². The molecule has 0 unspecified atom stereocenters. The number of piperidine rings is 1. The van der Waals surface area contributed by atoms with Crippen LogP contribution >= 0.6 is 0 Å². The molecule has 1 atom stereocenters. The monoisotopic (exact) mass is 192 g/mol. The molecule has 0 aromatic carbocycles. The fourth-order valence-corrected chi connectivity index (χ4v) is 1.83. The molecule has 2 rings (SSSR count). The third-order valence-corrected chi connectivity index (χ3v) is 2.55. The minimum absolute atomic E-state index is 0.270. The lowest BCUT2D eigenvalue weighted by molar-refractivity contribution is 0.503. The Kier molecular flexibility index (Phi) is 2.54. The molecule has 1 aliphatic rings. The van der Waals surface area contributed by atoms with Gasteiger partial charge < -0.3 is 16.4 Å². The summed E-state index contributed by atoms with van der Waals surface area (Å²) in [6, 6.07) is 3.97. The molecular weight excluding hydrogens is 176 g/mol. The number of rotatable bonds is 1. The summed E-state index contributed by atoms with van der Waals surface area (Å²) in [6.45, 7) is 1.92. The number of nitrogen functional groups attached to an aromatic ring is 1. The molecule has 4 heteroatoms. The lowest BCUT2D eigenvalue weighted by atomic mass is 10.1. The zero-order valence-corrected chi connectivity index (χ0v) is 8.19. The minimum atomic E-state index is 0.270. The Morgan fingerprint density at radius 1 is 1.50 bits per heavy atom. The number of hydrogen-bond donors (Lipinski definition) is 2. The summed E-state index contributed by atoms with van der Waals surface area (Å²) in [5, 5.41) is 0. The van der Waals surface area contributed by atoms with Crippen molar-refractivity contribution in [3.05, 3.63) is 18.3 Å². The minimum Gasteiger partial charge on any atom is -0.399 e. The van der Waals surface area contributed by atoms with E-state index in [1.807, 2.05) is 6.07 Å². The van der Waals surface area contributed by atoms with E-state index >= 15 is 0 Å². The van der Waals surface area contributed by atoms with Crippen LogP contribution in [0.15, 0.2) is 18.3 Å². The van der Waals surface area contributed by atoms with Crippen LogP contribution in [0.5, 0.6) is 0 Å². The summed E-state index contributed by atoms with van der Waals surface area (Å²) in [5.41, 5.74) is 12.4. The zero-order valence-electron chi connectivity index (χ0n) is 8.19. The normalized spacial score (nSPS) is 22.4. The van der Waals surface area contributed by atoms with Crippen molar-refractivity contribution in [1.29, 1.82) is 0 Å². The first kappa shape index (κ1) is 9.27. The van der Waals surface area contributed by atoms with Gasteiger partial charge in [0.05, 0.1) is 0 Å². The maximum atomic E-state index is 5.90. The lowest BCUT2D eigenvalue weighted by Gasteiger charge is -2.31. The van der Waals surface area contributed by atoms with Gasteiger partial charge in [-0.3, -0.25) is 0 Å². The highest BCUT2D eigenvalue weighted by atomic mass is 15.2. The van der Waals surface area contributed by atoms with E-state index in [1.165, 1.54) is 0 Å². The first-order valence-corrected chi connectivity index (χ1v) is 4.98. The van der Waals surface area contributed by atoms with Gasteiger partial charge in [-0.25, -0.2) is 4.98 Å². The van der Waals surface area contributed by atoms with E-state index in [0.29, 0.717) is 0 Å². The topological polar surface area (TPSA) is 68.2 Å². The maximum Gasteiger partial charge on any atom is 0.130 e. The van der Waals surface area contributed by atoms with Crippen molar-refractivity contribution < 1.29 is 0 Å². The molecule has 1 aromatic rings. The molecule has 1 aliphatic heterocycles. The second-order valence-corrected chi connectivity index (χ2v) is 3.80. The number of hydrogen-bond acceptors (Lipinski definition) is 4. The van der Waals surface area contributed by atoms with Crippen molar-refractivity contribution in [2.45, 2.75) is 18.9 Å². The molecule has 0 radical (unpaired) electrons. The highest BCUT2D eigenvalue weighted by Crippen LogP contribution is 2.18. The molecule has 0 saturated carbocycles. The fraction of sp³-hybridized carbons (Fsp3) is 0.500. The predicted molar refractivity (Wildman–Crippen MR) is 58.1 cm³/mol. The standard InChI is InChI=1S/C10H16N4/c11-8-3-4-13-10(6-8)14-5-1-2-9(12)7-14/h3-4,6,9H,1-2,5,7,12H2,(H2,11,13)/t9-/m1/s1. The smallest absolute Gasteiger partial charge is 0.130 e. The largest absolute Gasteiger partial charge is 0.399 e. The number of aromatic nitrogens is 1. The molecule has 2 heterocycles. The third-order valence-electron chi connectivity index (χ3n) is 2.55. The second-order valence-electron chi connectivity index (χ2n) is 3.80. The molecule has 1 fully saturated rings. The van der Waals surface area contributed by atoms with Crippen molar-refractivity contribution in [3.8, 4) is 0 Å². The Morgan fingerprint density at radius 2 is 2.36 bits per heavy atom. The van der Waals surface area contributed by atoms with Crippen LogP contribution in [-0.4, -0.2) is 24.1 Å². The van der Waals surface area contributed by atoms with Gasteiger partial charge in [-0.05, 0) is 18.9 Å². The fourth-order valence-electron chi connectivity index (χ4n) is 1.83. The van der Waals surface area contributed by atoms with Crippen molar-refractivity contribution in [2.75, 3.05) is 23.7 Å². The average molecular weight is 192 g/mol. The van der Waals surface area contributed by atoms with Gasteiger partial charge in [-0.1, -0.05) is 0 Å². The highest BCUT2D eigenvalue weighted by molar-refractivity contribution is 5.50. The van der Waals surface area contributed by atoms with E-state index in [4.69, 9.17) is 11.5 Å². The van der Waals surface area contributed by atoms with E-state index in [1.54, 1.807) is 12.3 Å². The van der Waals surface area contributed by atoms with Crippen molar-refractivity contribution in [1.82, 2.24) is 4.98 Å². The second kappa shape index (κ2) is 3.84. The molecule has 1 saturated heterocycles. The van der Waals surface area contributed by atoms with Gasteiger partial charge in [-0.15, -0.1) is 0 Å². The zero-order chi connectivity index (χ0) is 9.97. The molecule has 0 spiro atoms. The molecule has 0 amide bonds. The quantitative estimate of drug-likeness (QED) is 0.683. The molecule has 76 valence electrons.